The Labute approximate surface area is 168 Å². The van der Waals surface area contributed by atoms with Gasteiger partial charge in [0.15, 0.2) is 6.61 Å². The Kier molecular flexibility index (Phi) is 5.90. The van der Waals surface area contributed by atoms with Crippen LogP contribution in [0.2, 0.25) is 15.1 Å². The van der Waals surface area contributed by atoms with Crippen LogP contribution >= 0.6 is 34.8 Å². The maximum atomic E-state index is 12.2. The SMILES string of the molecule is O=C(COC(=O)c1cccc(-n2cnnn2)c1)Nc1c(Cl)cc(Cl)cc1Cl. The van der Waals surface area contributed by atoms with Gasteiger partial charge in [-0.05, 0) is 40.8 Å². The monoisotopic (exact) mass is 425 g/mol. The van der Waals surface area contributed by atoms with E-state index in [-0.39, 0.29) is 21.3 Å². The number of aromatic nitrogens is 4. The first-order valence-electron chi connectivity index (χ1n) is 7.39. The highest BCUT2D eigenvalue weighted by Gasteiger charge is 2.15. The van der Waals surface area contributed by atoms with Crippen LogP contribution in [0.5, 0.6) is 0 Å². The maximum Gasteiger partial charge on any atom is 0.338 e. The number of halogens is 3. The number of nitrogens with zero attached hydrogens (tertiary/aromatic N) is 4. The third-order valence-corrected chi connectivity index (χ3v) is 4.12. The Morgan fingerprint density at radius 1 is 1.11 bits per heavy atom. The molecule has 1 amide bonds. The molecule has 11 heteroatoms. The van der Waals surface area contributed by atoms with Gasteiger partial charge in [0.25, 0.3) is 5.91 Å². The zero-order valence-corrected chi connectivity index (χ0v) is 15.7. The van der Waals surface area contributed by atoms with Crippen LogP contribution in [0.3, 0.4) is 0 Å². The molecule has 0 aliphatic carbocycles. The number of rotatable bonds is 5. The van der Waals surface area contributed by atoms with Gasteiger partial charge in [-0.25, -0.2) is 9.48 Å². The zero-order valence-electron chi connectivity index (χ0n) is 13.4. The largest absolute Gasteiger partial charge is 0.452 e. The highest BCUT2D eigenvalue weighted by atomic mass is 35.5. The smallest absolute Gasteiger partial charge is 0.338 e. The predicted octanol–water partition coefficient (Wildman–Crippen LogP) is 3.42. The van der Waals surface area contributed by atoms with Gasteiger partial charge in [-0.15, -0.1) is 5.10 Å². The van der Waals surface area contributed by atoms with Gasteiger partial charge in [0.2, 0.25) is 0 Å². The van der Waals surface area contributed by atoms with E-state index in [9.17, 15) is 9.59 Å². The average molecular weight is 427 g/mol. The summed E-state index contributed by atoms with van der Waals surface area (Å²) in [5.41, 5.74) is 0.987. The van der Waals surface area contributed by atoms with Crippen LogP contribution in [-0.4, -0.2) is 38.7 Å². The summed E-state index contributed by atoms with van der Waals surface area (Å²) < 4.78 is 6.40. The van der Waals surface area contributed by atoms with Crippen LogP contribution in [0.4, 0.5) is 5.69 Å². The molecule has 0 bridgehead atoms. The van der Waals surface area contributed by atoms with Crippen molar-refractivity contribution in [2.24, 2.45) is 0 Å². The molecule has 1 N–H and O–H groups in total. The number of anilines is 1. The zero-order chi connectivity index (χ0) is 19.4. The number of ether oxygens (including phenoxy) is 1. The van der Waals surface area contributed by atoms with Crippen molar-refractivity contribution in [1.29, 1.82) is 0 Å². The molecule has 0 unspecified atom stereocenters. The van der Waals surface area contributed by atoms with Gasteiger partial charge in [-0.2, -0.15) is 0 Å². The van der Waals surface area contributed by atoms with E-state index in [0.29, 0.717) is 10.7 Å². The molecular formula is C16H10Cl3N5O3. The third kappa shape index (κ3) is 4.73. The van der Waals surface area contributed by atoms with E-state index >= 15 is 0 Å². The molecule has 0 aliphatic rings. The van der Waals surface area contributed by atoms with Crippen molar-refractivity contribution in [2.75, 3.05) is 11.9 Å². The van der Waals surface area contributed by atoms with Gasteiger partial charge < -0.3 is 10.1 Å². The molecule has 138 valence electrons. The fraction of sp³-hybridized carbons (Fsp3) is 0.0625. The Morgan fingerprint density at radius 3 is 2.52 bits per heavy atom. The number of amides is 1. The van der Waals surface area contributed by atoms with E-state index in [4.69, 9.17) is 39.5 Å². The van der Waals surface area contributed by atoms with Crippen LogP contribution in [0.25, 0.3) is 5.69 Å². The van der Waals surface area contributed by atoms with Crippen molar-refractivity contribution >= 4 is 52.4 Å². The lowest BCUT2D eigenvalue weighted by atomic mass is 10.2. The van der Waals surface area contributed by atoms with E-state index < -0.39 is 18.5 Å². The first-order chi connectivity index (χ1) is 12.9. The van der Waals surface area contributed by atoms with Crippen LogP contribution in [0.15, 0.2) is 42.7 Å². The molecule has 2 aromatic carbocycles. The number of hydrogen-bond acceptors (Lipinski definition) is 6. The van der Waals surface area contributed by atoms with Crippen molar-refractivity contribution < 1.29 is 14.3 Å². The van der Waals surface area contributed by atoms with Crippen LogP contribution in [0.1, 0.15) is 10.4 Å². The molecule has 0 spiro atoms. The van der Waals surface area contributed by atoms with Crippen LogP contribution in [-0.2, 0) is 9.53 Å². The number of tetrazole rings is 1. The van der Waals surface area contributed by atoms with Crippen molar-refractivity contribution in [3.05, 3.63) is 63.4 Å². The molecule has 0 saturated heterocycles. The van der Waals surface area contributed by atoms with E-state index in [2.05, 4.69) is 20.8 Å². The average Bonchev–Trinajstić information content (AvgIpc) is 3.17. The number of carbonyl (C=O) groups excluding carboxylic acids is 2. The van der Waals surface area contributed by atoms with Crippen molar-refractivity contribution in [3.63, 3.8) is 0 Å². The molecule has 0 atom stereocenters. The maximum absolute atomic E-state index is 12.2. The number of benzene rings is 2. The second kappa shape index (κ2) is 8.34. The summed E-state index contributed by atoms with van der Waals surface area (Å²) in [6.45, 7) is -0.525. The Morgan fingerprint density at radius 2 is 1.85 bits per heavy atom. The van der Waals surface area contributed by atoms with Crippen LogP contribution < -0.4 is 5.32 Å². The number of esters is 1. The minimum Gasteiger partial charge on any atom is -0.452 e. The third-order valence-electron chi connectivity index (χ3n) is 3.30. The normalized spacial score (nSPS) is 10.5. The number of carbonyl (C=O) groups is 2. The molecular weight excluding hydrogens is 417 g/mol. The lowest BCUT2D eigenvalue weighted by molar-refractivity contribution is -0.119. The standard InChI is InChI=1S/C16H10Cl3N5O3/c17-10-5-12(18)15(13(19)6-10)21-14(25)7-27-16(26)9-2-1-3-11(4-9)24-8-20-22-23-24/h1-6,8H,7H2,(H,21,25). The molecule has 1 aromatic heterocycles. The van der Waals surface area contributed by atoms with Gasteiger partial charge in [-0.3, -0.25) is 4.79 Å². The van der Waals surface area contributed by atoms with Crippen molar-refractivity contribution in [2.45, 2.75) is 0 Å². The van der Waals surface area contributed by atoms with E-state index in [1.54, 1.807) is 18.2 Å². The van der Waals surface area contributed by atoms with Gasteiger partial charge in [0, 0.05) is 5.02 Å². The first kappa shape index (κ1) is 19.1. The number of hydrogen-bond donors (Lipinski definition) is 1. The minimum atomic E-state index is -0.687. The summed E-state index contributed by atoms with van der Waals surface area (Å²) in [5.74, 6) is -1.29. The van der Waals surface area contributed by atoms with E-state index in [1.165, 1.54) is 29.2 Å². The molecule has 0 aliphatic heterocycles. The van der Waals surface area contributed by atoms with Gasteiger partial charge in [0.1, 0.15) is 6.33 Å². The Hall–Kier alpha value is -2.68. The second-order valence-corrected chi connectivity index (χ2v) is 6.42. The highest BCUT2D eigenvalue weighted by Crippen LogP contribution is 2.33. The Balaban J connectivity index is 1.63. The summed E-state index contributed by atoms with van der Waals surface area (Å²) in [6, 6.07) is 9.29. The molecule has 8 nitrogen and oxygen atoms in total. The Bertz CT molecular complexity index is 972. The molecule has 27 heavy (non-hydrogen) atoms. The fourth-order valence-corrected chi connectivity index (χ4v) is 3.02. The molecule has 3 aromatic rings. The van der Waals surface area contributed by atoms with Gasteiger partial charge in [0.05, 0.1) is 27.0 Å². The quantitative estimate of drug-likeness (QED) is 0.628. The number of nitrogens with one attached hydrogen (secondary N) is 1. The topological polar surface area (TPSA) is 99.0 Å². The van der Waals surface area contributed by atoms with E-state index in [1.807, 2.05) is 0 Å². The fourth-order valence-electron chi connectivity index (χ4n) is 2.11. The summed E-state index contributed by atoms with van der Waals surface area (Å²) >= 11 is 17.8. The van der Waals surface area contributed by atoms with Gasteiger partial charge >= 0.3 is 5.97 Å². The lowest BCUT2D eigenvalue weighted by Gasteiger charge is -2.10. The second-order valence-electron chi connectivity index (χ2n) is 5.17. The summed E-state index contributed by atoms with van der Waals surface area (Å²) in [4.78, 5) is 24.2. The first-order valence-corrected chi connectivity index (χ1v) is 8.52. The molecule has 0 radical (unpaired) electrons. The minimum absolute atomic E-state index is 0.168. The molecule has 3 rings (SSSR count). The predicted molar refractivity (Wildman–Crippen MR) is 99.5 cm³/mol. The molecule has 1 heterocycles. The highest BCUT2D eigenvalue weighted by molar-refractivity contribution is 6.42. The lowest BCUT2D eigenvalue weighted by Crippen LogP contribution is -2.21. The van der Waals surface area contributed by atoms with Crippen LogP contribution in [0, 0.1) is 0 Å². The van der Waals surface area contributed by atoms with E-state index in [0.717, 1.165) is 0 Å². The van der Waals surface area contributed by atoms with Crippen molar-refractivity contribution in [1.82, 2.24) is 20.2 Å². The van der Waals surface area contributed by atoms with Gasteiger partial charge in [-0.1, -0.05) is 40.9 Å². The summed E-state index contributed by atoms with van der Waals surface area (Å²) in [5, 5.41) is 13.9. The molecule has 0 fully saturated rings. The van der Waals surface area contributed by atoms with Crippen molar-refractivity contribution in [3.8, 4) is 5.69 Å². The molecule has 0 saturated carbocycles. The summed E-state index contributed by atoms with van der Waals surface area (Å²) in [7, 11) is 0. The summed E-state index contributed by atoms with van der Waals surface area (Å²) in [6.07, 6.45) is 1.39.